The number of carbonyl (C=O) groups is 1. The molecule has 21 heavy (non-hydrogen) atoms. The second-order valence-electron chi connectivity index (χ2n) is 4.17. The first-order chi connectivity index (χ1) is 9.88. The van der Waals surface area contributed by atoms with Gasteiger partial charge in [-0.15, -0.1) is 0 Å². The van der Waals surface area contributed by atoms with Crippen LogP contribution in [0.5, 0.6) is 0 Å². The second kappa shape index (κ2) is 5.98. The van der Waals surface area contributed by atoms with Crippen LogP contribution in [0.4, 0.5) is 4.39 Å². The molecule has 2 rings (SSSR count). The molecule has 8 heteroatoms. The Bertz CT molecular complexity index is 760. The Morgan fingerprint density at radius 1 is 1.24 bits per heavy atom. The number of hydrogen-bond donors (Lipinski definition) is 2. The summed E-state index contributed by atoms with van der Waals surface area (Å²) in [6.07, 6.45) is 1.95. The van der Waals surface area contributed by atoms with Crippen LogP contribution >= 0.6 is 0 Å². The molecule has 0 amide bonds. The number of aromatic nitrogens is 1. The quantitative estimate of drug-likeness (QED) is 0.870. The first kappa shape index (κ1) is 15.1. The molecule has 1 heterocycles. The minimum Gasteiger partial charge on any atom is -0.478 e. The minimum absolute atomic E-state index is 0.0429. The Hall–Kier alpha value is -2.32. The van der Waals surface area contributed by atoms with Crippen LogP contribution in [0.2, 0.25) is 0 Å². The highest BCUT2D eigenvalue weighted by atomic mass is 32.2. The van der Waals surface area contributed by atoms with E-state index in [1.165, 1.54) is 24.3 Å². The van der Waals surface area contributed by atoms with Crippen molar-refractivity contribution in [3.05, 3.63) is 59.7 Å². The van der Waals surface area contributed by atoms with Gasteiger partial charge in [-0.25, -0.2) is 22.3 Å². The second-order valence-corrected chi connectivity index (χ2v) is 5.93. The molecule has 0 bridgehead atoms. The molecular weight excluding hydrogens is 299 g/mol. The van der Waals surface area contributed by atoms with Crippen LogP contribution in [0.1, 0.15) is 15.9 Å². The number of halogens is 1. The topological polar surface area (TPSA) is 96.4 Å². The lowest BCUT2D eigenvalue weighted by Crippen LogP contribution is -2.23. The van der Waals surface area contributed by atoms with E-state index >= 15 is 0 Å². The van der Waals surface area contributed by atoms with Gasteiger partial charge in [0.05, 0.1) is 11.8 Å². The summed E-state index contributed by atoms with van der Waals surface area (Å²) in [5.41, 5.74) is 0.684. The van der Waals surface area contributed by atoms with Gasteiger partial charge in [0.15, 0.2) is 0 Å². The molecular formula is C13H11FN2O4S. The molecule has 1 aromatic heterocycles. The van der Waals surface area contributed by atoms with Gasteiger partial charge < -0.3 is 5.11 Å². The number of rotatable bonds is 5. The lowest BCUT2D eigenvalue weighted by atomic mass is 10.1. The molecule has 0 saturated heterocycles. The van der Waals surface area contributed by atoms with Crippen LogP contribution in [0.25, 0.3) is 0 Å². The van der Waals surface area contributed by atoms with Crippen LogP contribution in [0.15, 0.2) is 47.6 Å². The lowest BCUT2D eigenvalue weighted by Gasteiger charge is -2.07. The summed E-state index contributed by atoms with van der Waals surface area (Å²) < 4.78 is 39.1. The van der Waals surface area contributed by atoms with Gasteiger partial charge in [-0.05, 0) is 23.8 Å². The lowest BCUT2D eigenvalue weighted by molar-refractivity contribution is 0.0697. The zero-order valence-corrected chi connectivity index (χ0v) is 11.5. The van der Waals surface area contributed by atoms with E-state index in [1.54, 1.807) is 0 Å². The van der Waals surface area contributed by atoms with Gasteiger partial charge in [-0.1, -0.05) is 12.1 Å². The van der Waals surface area contributed by atoms with Gasteiger partial charge in [-0.3, -0.25) is 4.98 Å². The number of pyridine rings is 1. The maximum absolute atomic E-state index is 13.0. The molecule has 0 unspecified atom stereocenters. The molecule has 0 atom stereocenters. The monoisotopic (exact) mass is 310 g/mol. The highest BCUT2D eigenvalue weighted by Gasteiger charge is 2.15. The molecule has 2 aromatic rings. The fraction of sp³-hybridized carbons (Fsp3) is 0.0769. The summed E-state index contributed by atoms with van der Waals surface area (Å²) >= 11 is 0. The Morgan fingerprint density at radius 2 is 1.90 bits per heavy atom. The highest BCUT2D eigenvalue weighted by Crippen LogP contribution is 2.10. The van der Waals surface area contributed by atoms with Crippen molar-refractivity contribution in [3.8, 4) is 0 Å². The predicted octanol–water partition coefficient (Wildman–Crippen LogP) is 1.40. The number of hydrogen-bond acceptors (Lipinski definition) is 4. The van der Waals surface area contributed by atoms with Gasteiger partial charge in [0.2, 0.25) is 10.0 Å². The molecule has 0 aliphatic carbocycles. The minimum atomic E-state index is -3.88. The van der Waals surface area contributed by atoms with Crippen molar-refractivity contribution in [3.63, 3.8) is 0 Å². The Labute approximate surface area is 120 Å². The van der Waals surface area contributed by atoms with E-state index in [1.807, 2.05) is 0 Å². The normalized spacial score (nSPS) is 11.3. The molecule has 1 aromatic carbocycles. The Morgan fingerprint density at radius 3 is 2.48 bits per heavy atom. The van der Waals surface area contributed by atoms with E-state index in [4.69, 9.17) is 5.11 Å². The van der Waals surface area contributed by atoms with Crippen molar-refractivity contribution in [2.24, 2.45) is 0 Å². The van der Waals surface area contributed by atoms with E-state index in [0.717, 1.165) is 18.5 Å². The van der Waals surface area contributed by atoms with Gasteiger partial charge in [0.25, 0.3) is 0 Å². The van der Waals surface area contributed by atoms with Crippen molar-refractivity contribution in [2.75, 3.05) is 0 Å². The van der Waals surface area contributed by atoms with E-state index in [9.17, 15) is 17.6 Å². The molecule has 2 N–H and O–H groups in total. The average molecular weight is 310 g/mol. The molecule has 0 spiro atoms. The number of aromatic carboxylic acids is 1. The third kappa shape index (κ3) is 3.83. The number of carboxylic acids is 1. The SMILES string of the molecule is O=C(O)c1ccc(CNS(=O)(=O)c2cncc(F)c2)cc1. The van der Waals surface area contributed by atoms with E-state index in [2.05, 4.69) is 9.71 Å². The molecule has 110 valence electrons. The van der Waals surface area contributed by atoms with Gasteiger partial charge in [0, 0.05) is 12.7 Å². The maximum Gasteiger partial charge on any atom is 0.335 e. The highest BCUT2D eigenvalue weighted by molar-refractivity contribution is 7.89. The third-order valence-electron chi connectivity index (χ3n) is 2.66. The molecule has 0 saturated carbocycles. The number of benzene rings is 1. The number of carboxylic acid groups (broad SMARTS) is 1. The zero-order chi connectivity index (χ0) is 15.5. The Balaban J connectivity index is 2.10. The summed E-state index contributed by atoms with van der Waals surface area (Å²) in [4.78, 5) is 13.9. The maximum atomic E-state index is 13.0. The molecule has 0 aliphatic heterocycles. The van der Waals surface area contributed by atoms with Crippen molar-refractivity contribution in [2.45, 2.75) is 11.4 Å². The predicted molar refractivity (Wildman–Crippen MR) is 71.6 cm³/mol. The van der Waals surface area contributed by atoms with Crippen LogP contribution in [-0.2, 0) is 16.6 Å². The largest absolute Gasteiger partial charge is 0.478 e. The van der Waals surface area contributed by atoms with E-state index in [-0.39, 0.29) is 17.0 Å². The molecule has 6 nitrogen and oxygen atoms in total. The number of sulfonamides is 1. The average Bonchev–Trinajstić information content (AvgIpc) is 2.45. The molecule has 0 radical (unpaired) electrons. The van der Waals surface area contributed by atoms with Crippen LogP contribution in [0.3, 0.4) is 0 Å². The first-order valence-electron chi connectivity index (χ1n) is 5.81. The fourth-order valence-corrected chi connectivity index (χ4v) is 2.56. The van der Waals surface area contributed by atoms with Crippen molar-refractivity contribution in [1.82, 2.24) is 9.71 Å². The summed E-state index contributed by atoms with van der Waals surface area (Å²) in [5, 5.41) is 8.76. The van der Waals surface area contributed by atoms with Crippen LogP contribution in [-0.4, -0.2) is 24.5 Å². The standard InChI is InChI=1S/C13H11FN2O4S/c14-11-5-12(8-15-7-11)21(19,20)16-6-9-1-3-10(4-2-9)13(17)18/h1-5,7-8,16H,6H2,(H,17,18). The number of nitrogens with one attached hydrogen (secondary N) is 1. The molecule has 0 aliphatic rings. The zero-order valence-electron chi connectivity index (χ0n) is 10.7. The van der Waals surface area contributed by atoms with Gasteiger partial charge in [0.1, 0.15) is 10.7 Å². The summed E-state index contributed by atoms with van der Waals surface area (Å²) in [5.74, 6) is -1.81. The third-order valence-corrected chi connectivity index (χ3v) is 4.03. The van der Waals surface area contributed by atoms with Crippen LogP contribution in [0, 0.1) is 5.82 Å². The van der Waals surface area contributed by atoms with E-state index in [0.29, 0.717) is 5.56 Å². The summed E-state index contributed by atoms with van der Waals surface area (Å²) in [7, 11) is -3.88. The van der Waals surface area contributed by atoms with E-state index < -0.39 is 21.8 Å². The van der Waals surface area contributed by atoms with Crippen molar-refractivity contribution in [1.29, 1.82) is 0 Å². The van der Waals surface area contributed by atoms with Gasteiger partial charge in [-0.2, -0.15) is 0 Å². The number of nitrogens with zero attached hydrogens (tertiary/aromatic N) is 1. The summed E-state index contributed by atoms with van der Waals surface area (Å²) in [6.45, 7) is -0.0429. The first-order valence-corrected chi connectivity index (χ1v) is 7.29. The van der Waals surface area contributed by atoms with Crippen molar-refractivity contribution < 1.29 is 22.7 Å². The Kier molecular flexibility index (Phi) is 4.29. The van der Waals surface area contributed by atoms with Gasteiger partial charge >= 0.3 is 5.97 Å². The van der Waals surface area contributed by atoms with Crippen LogP contribution < -0.4 is 4.72 Å². The smallest absolute Gasteiger partial charge is 0.335 e. The van der Waals surface area contributed by atoms with Crippen molar-refractivity contribution >= 4 is 16.0 Å². The fourth-order valence-electron chi connectivity index (χ4n) is 1.57. The summed E-state index contributed by atoms with van der Waals surface area (Å²) in [6, 6.07) is 6.60. The molecule has 0 fully saturated rings.